The van der Waals surface area contributed by atoms with Crippen molar-refractivity contribution in [2.75, 3.05) is 6.54 Å². The first-order valence-electron chi connectivity index (χ1n) is 12.5. The predicted molar refractivity (Wildman–Crippen MR) is 131 cm³/mol. The van der Waals surface area contributed by atoms with Crippen molar-refractivity contribution in [1.29, 1.82) is 0 Å². The number of nitrogens with one attached hydrogen (secondary N) is 1. The molecule has 0 radical (unpaired) electrons. The van der Waals surface area contributed by atoms with Gasteiger partial charge in [-0.25, -0.2) is 14.5 Å². The summed E-state index contributed by atoms with van der Waals surface area (Å²) in [5.74, 6) is -0.00920. The number of aromatic nitrogens is 5. The summed E-state index contributed by atoms with van der Waals surface area (Å²) >= 11 is 0. The lowest BCUT2D eigenvalue weighted by Gasteiger charge is -2.25. The van der Waals surface area contributed by atoms with Crippen LogP contribution in [-0.2, 0) is 11.3 Å². The minimum absolute atomic E-state index is 0.0850. The van der Waals surface area contributed by atoms with Crippen LogP contribution in [0.25, 0.3) is 16.7 Å². The van der Waals surface area contributed by atoms with E-state index in [2.05, 4.69) is 20.4 Å². The molecule has 1 aliphatic heterocycles. The molecule has 0 unspecified atom stereocenters. The number of nitrogens with zero attached hydrogens (tertiary/aromatic N) is 6. The smallest absolute Gasteiger partial charge is 0.256 e. The van der Waals surface area contributed by atoms with E-state index in [9.17, 15) is 9.59 Å². The number of carbonyl (C=O) groups is 2. The molecule has 2 aliphatic rings. The van der Waals surface area contributed by atoms with Gasteiger partial charge in [-0.05, 0) is 43.9 Å². The standard InChI is InChI=1S/C26H29N7O2/c34-24(12-15-31-17-28-20-8-3-4-9-21(20)31)32-14-5-10-22(32)23-11-13-27-25-19(16-29-33(23)25)26(35)30-18-6-1-2-7-18/h3-4,8-9,11,13,16-18,22H,1-2,5-7,10,12,14-15H2,(H,30,35)/t22-/m1/s1. The van der Waals surface area contributed by atoms with Crippen LogP contribution in [0.3, 0.4) is 0 Å². The summed E-state index contributed by atoms with van der Waals surface area (Å²) in [5, 5.41) is 7.64. The van der Waals surface area contributed by atoms with E-state index in [-0.39, 0.29) is 23.9 Å². The van der Waals surface area contributed by atoms with Gasteiger partial charge in [0.25, 0.3) is 5.91 Å². The van der Waals surface area contributed by atoms with Gasteiger partial charge in [0.2, 0.25) is 5.91 Å². The molecule has 35 heavy (non-hydrogen) atoms. The number of fused-ring (bicyclic) bond motifs is 2. The zero-order valence-corrected chi connectivity index (χ0v) is 19.6. The maximum atomic E-state index is 13.3. The fourth-order valence-electron chi connectivity index (χ4n) is 5.58. The molecule has 1 atom stereocenters. The molecule has 1 saturated carbocycles. The average molecular weight is 472 g/mol. The minimum atomic E-state index is -0.122. The summed E-state index contributed by atoms with van der Waals surface area (Å²) in [6, 6.07) is 10.0. The molecule has 2 fully saturated rings. The summed E-state index contributed by atoms with van der Waals surface area (Å²) in [5.41, 5.74) is 3.90. The van der Waals surface area contributed by atoms with Crippen LogP contribution in [0.5, 0.6) is 0 Å². The summed E-state index contributed by atoms with van der Waals surface area (Å²) in [6.45, 7) is 1.30. The molecule has 4 aromatic rings. The molecule has 1 N–H and O–H groups in total. The van der Waals surface area contributed by atoms with Gasteiger partial charge in [0.1, 0.15) is 5.56 Å². The number of likely N-dealkylation sites (tertiary alicyclic amines) is 1. The summed E-state index contributed by atoms with van der Waals surface area (Å²) in [7, 11) is 0. The van der Waals surface area contributed by atoms with Crippen LogP contribution < -0.4 is 5.32 Å². The Labute approximate surface area is 203 Å². The van der Waals surface area contributed by atoms with Crippen molar-refractivity contribution in [1.82, 2.24) is 34.4 Å². The van der Waals surface area contributed by atoms with Crippen molar-refractivity contribution >= 4 is 28.5 Å². The van der Waals surface area contributed by atoms with E-state index in [0.29, 0.717) is 30.7 Å². The van der Waals surface area contributed by atoms with Crippen LogP contribution >= 0.6 is 0 Å². The van der Waals surface area contributed by atoms with Crippen LogP contribution in [0.2, 0.25) is 0 Å². The topological polar surface area (TPSA) is 97.4 Å². The van der Waals surface area contributed by atoms with Crippen molar-refractivity contribution in [3.05, 3.63) is 60.3 Å². The minimum Gasteiger partial charge on any atom is -0.349 e. The third kappa shape index (κ3) is 4.05. The molecule has 6 rings (SSSR count). The van der Waals surface area contributed by atoms with E-state index >= 15 is 0 Å². The first kappa shape index (κ1) is 21.8. The number of imidazole rings is 1. The second kappa shape index (κ2) is 9.13. The Bertz CT molecular complexity index is 1380. The van der Waals surface area contributed by atoms with Crippen LogP contribution in [0, 0.1) is 0 Å². The molecule has 1 saturated heterocycles. The average Bonchev–Trinajstić information content (AvgIpc) is 3.68. The van der Waals surface area contributed by atoms with Crippen LogP contribution in [0.1, 0.15) is 67.0 Å². The highest BCUT2D eigenvalue weighted by Crippen LogP contribution is 2.33. The Morgan fingerprint density at radius 3 is 2.77 bits per heavy atom. The van der Waals surface area contributed by atoms with Crippen molar-refractivity contribution < 1.29 is 9.59 Å². The van der Waals surface area contributed by atoms with Gasteiger partial charge in [0.15, 0.2) is 5.65 Å². The van der Waals surface area contributed by atoms with Crippen LogP contribution in [0.15, 0.2) is 49.1 Å². The fourth-order valence-corrected chi connectivity index (χ4v) is 5.58. The van der Waals surface area contributed by atoms with Gasteiger partial charge in [-0.3, -0.25) is 9.59 Å². The lowest BCUT2D eigenvalue weighted by atomic mass is 10.1. The monoisotopic (exact) mass is 471 g/mol. The molecule has 180 valence electrons. The largest absolute Gasteiger partial charge is 0.349 e. The second-order valence-corrected chi connectivity index (χ2v) is 9.54. The zero-order chi connectivity index (χ0) is 23.8. The normalized spacial score (nSPS) is 18.6. The van der Waals surface area contributed by atoms with Gasteiger partial charge < -0.3 is 14.8 Å². The van der Waals surface area contributed by atoms with Gasteiger partial charge in [0.05, 0.1) is 35.3 Å². The van der Waals surface area contributed by atoms with Crippen LogP contribution in [-0.4, -0.2) is 53.5 Å². The first-order valence-corrected chi connectivity index (χ1v) is 12.5. The number of para-hydroxylation sites is 2. The maximum absolute atomic E-state index is 13.3. The molecule has 4 heterocycles. The molecule has 9 heteroatoms. The molecular weight excluding hydrogens is 442 g/mol. The van der Waals surface area contributed by atoms with Gasteiger partial charge in [-0.2, -0.15) is 5.10 Å². The molecule has 0 bridgehead atoms. The van der Waals surface area contributed by atoms with Crippen LogP contribution in [0.4, 0.5) is 0 Å². The van der Waals surface area contributed by atoms with E-state index in [4.69, 9.17) is 0 Å². The van der Waals surface area contributed by atoms with E-state index in [0.717, 1.165) is 55.3 Å². The lowest BCUT2D eigenvalue weighted by Crippen LogP contribution is -2.33. The number of hydrogen-bond acceptors (Lipinski definition) is 5. The number of rotatable bonds is 6. The second-order valence-electron chi connectivity index (χ2n) is 9.54. The molecule has 3 aromatic heterocycles. The van der Waals surface area contributed by atoms with Gasteiger partial charge in [-0.1, -0.05) is 25.0 Å². The number of benzene rings is 1. The summed E-state index contributed by atoms with van der Waals surface area (Å²) < 4.78 is 3.77. The highest BCUT2D eigenvalue weighted by Gasteiger charge is 2.32. The van der Waals surface area contributed by atoms with E-state index in [1.165, 1.54) is 0 Å². The third-order valence-electron chi connectivity index (χ3n) is 7.37. The fraction of sp³-hybridized carbons (Fsp3) is 0.423. The number of amides is 2. The number of carbonyl (C=O) groups excluding carboxylic acids is 2. The molecule has 0 spiro atoms. The SMILES string of the molecule is O=C(NC1CCCC1)c1cnn2c([C@H]3CCCN3C(=O)CCn3cnc4ccccc43)ccnc12. The Balaban J connectivity index is 1.20. The van der Waals surface area contributed by atoms with Gasteiger partial charge in [-0.15, -0.1) is 0 Å². The molecule has 9 nitrogen and oxygen atoms in total. The van der Waals surface area contributed by atoms with Gasteiger partial charge in [0, 0.05) is 31.7 Å². The quantitative estimate of drug-likeness (QED) is 0.464. The zero-order valence-electron chi connectivity index (χ0n) is 19.6. The summed E-state index contributed by atoms with van der Waals surface area (Å²) in [6.07, 6.45) is 11.7. The maximum Gasteiger partial charge on any atom is 0.256 e. The number of hydrogen-bond donors (Lipinski definition) is 1. The Kier molecular flexibility index (Phi) is 5.67. The molecule has 1 aliphatic carbocycles. The molecule has 1 aromatic carbocycles. The lowest BCUT2D eigenvalue weighted by molar-refractivity contribution is -0.132. The molecular formula is C26H29N7O2. The van der Waals surface area contributed by atoms with Crippen molar-refractivity contribution in [2.45, 2.75) is 63.6 Å². The Morgan fingerprint density at radius 1 is 1.03 bits per heavy atom. The Morgan fingerprint density at radius 2 is 1.89 bits per heavy atom. The van der Waals surface area contributed by atoms with E-state index in [1.807, 2.05) is 39.8 Å². The third-order valence-corrected chi connectivity index (χ3v) is 7.37. The van der Waals surface area contributed by atoms with Crippen molar-refractivity contribution in [2.24, 2.45) is 0 Å². The van der Waals surface area contributed by atoms with E-state index < -0.39 is 0 Å². The first-order chi connectivity index (χ1) is 17.2. The van der Waals surface area contributed by atoms with Crippen molar-refractivity contribution in [3.8, 4) is 0 Å². The highest BCUT2D eigenvalue weighted by molar-refractivity contribution is 5.99. The highest BCUT2D eigenvalue weighted by atomic mass is 16.2. The van der Waals surface area contributed by atoms with Gasteiger partial charge >= 0.3 is 0 Å². The molecule has 2 amide bonds. The predicted octanol–water partition coefficient (Wildman–Crippen LogP) is 3.51. The summed E-state index contributed by atoms with van der Waals surface area (Å²) in [4.78, 5) is 37.0. The van der Waals surface area contributed by atoms with E-state index in [1.54, 1.807) is 23.2 Å². The number of aryl methyl sites for hydroxylation is 1. The van der Waals surface area contributed by atoms with Crippen molar-refractivity contribution in [3.63, 3.8) is 0 Å². The Hall–Kier alpha value is -3.75.